The van der Waals surface area contributed by atoms with Crippen LogP contribution in [-0.4, -0.2) is 23.6 Å². The van der Waals surface area contributed by atoms with Crippen LogP contribution in [0.5, 0.6) is 0 Å². The number of carbonyl (C=O) groups is 2. The van der Waals surface area contributed by atoms with Gasteiger partial charge in [0.05, 0.1) is 18.6 Å². The molecule has 0 aliphatic heterocycles. The van der Waals surface area contributed by atoms with Crippen molar-refractivity contribution >= 4 is 56.3 Å². The average molecular weight is 427 g/mol. The summed E-state index contributed by atoms with van der Waals surface area (Å²) in [5.41, 5.74) is 1.36. The summed E-state index contributed by atoms with van der Waals surface area (Å²) in [6.07, 6.45) is 0.998. The Morgan fingerprint density at radius 3 is 2.62 bits per heavy atom. The Kier molecular flexibility index (Phi) is 6.95. The van der Waals surface area contributed by atoms with Crippen LogP contribution < -0.4 is 10.6 Å². The number of esters is 1. The molecule has 3 aromatic rings. The van der Waals surface area contributed by atoms with Gasteiger partial charge in [0.2, 0.25) is 5.91 Å². The zero-order valence-electron chi connectivity index (χ0n) is 16.3. The van der Waals surface area contributed by atoms with Crippen LogP contribution in [0, 0.1) is 0 Å². The fourth-order valence-corrected chi connectivity index (χ4v) is 4.26. The molecule has 0 bridgehead atoms. The minimum atomic E-state index is -0.407. The van der Waals surface area contributed by atoms with Crippen LogP contribution in [0.25, 0.3) is 10.8 Å². The molecule has 1 heterocycles. The Morgan fingerprint density at radius 1 is 1.10 bits per heavy atom. The second kappa shape index (κ2) is 9.62. The van der Waals surface area contributed by atoms with Crippen LogP contribution in [0.4, 0.5) is 5.00 Å². The van der Waals surface area contributed by atoms with E-state index in [1.807, 2.05) is 49.4 Å². The van der Waals surface area contributed by atoms with Gasteiger partial charge in [-0.05, 0) is 48.0 Å². The maximum atomic E-state index is 12.5. The summed E-state index contributed by atoms with van der Waals surface area (Å²) in [6, 6.07) is 15.6. The van der Waals surface area contributed by atoms with E-state index in [9.17, 15) is 9.59 Å². The van der Waals surface area contributed by atoms with Gasteiger partial charge >= 0.3 is 5.97 Å². The van der Waals surface area contributed by atoms with E-state index in [1.165, 1.54) is 11.3 Å². The van der Waals surface area contributed by atoms with Gasteiger partial charge in [-0.25, -0.2) is 4.79 Å². The molecule has 0 aliphatic rings. The van der Waals surface area contributed by atoms with E-state index < -0.39 is 5.97 Å². The second-order valence-corrected chi connectivity index (χ2v) is 7.89. The predicted molar refractivity (Wildman–Crippen MR) is 122 cm³/mol. The lowest BCUT2D eigenvalue weighted by Gasteiger charge is -2.11. The maximum absolute atomic E-state index is 12.5. The number of rotatable bonds is 6. The van der Waals surface area contributed by atoms with Crippen LogP contribution in [0.2, 0.25) is 0 Å². The highest BCUT2D eigenvalue weighted by atomic mass is 32.1. The van der Waals surface area contributed by atoms with Crippen molar-refractivity contribution in [1.29, 1.82) is 0 Å². The van der Waals surface area contributed by atoms with Crippen molar-refractivity contribution in [3.63, 3.8) is 0 Å². The molecule has 0 saturated carbocycles. The van der Waals surface area contributed by atoms with Gasteiger partial charge in [-0.15, -0.1) is 11.3 Å². The topological polar surface area (TPSA) is 67.4 Å². The maximum Gasteiger partial charge on any atom is 0.341 e. The highest BCUT2D eigenvalue weighted by Crippen LogP contribution is 2.29. The van der Waals surface area contributed by atoms with Crippen LogP contribution in [-0.2, 0) is 22.4 Å². The molecule has 0 radical (unpaired) electrons. The van der Waals surface area contributed by atoms with Crippen molar-refractivity contribution in [2.75, 3.05) is 11.9 Å². The Balaban J connectivity index is 1.68. The number of aryl methyl sites for hydroxylation is 1. The van der Waals surface area contributed by atoms with E-state index in [2.05, 4.69) is 10.6 Å². The normalized spacial score (nSPS) is 10.6. The van der Waals surface area contributed by atoms with Crippen LogP contribution in [0.3, 0.4) is 0 Å². The first kappa shape index (κ1) is 21.0. The molecule has 0 atom stereocenters. The average Bonchev–Trinajstić information content (AvgIpc) is 3.11. The van der Waals surface area contributed by atoms with Gasteiger partial charge < -0.3 is 15.4 Å². The lowest BCUT2D eigenvalue weighted by molar-refractivity contribution is -0.119. The van der Waals surface area contributed by atoms with Gasteiger partial charge in [0.25, 0.3) is 0 Å². The molecule has 0 spiro atoms. The van der Waals surface area contributed by atoms with Crippen molar-refractivity contribution in [2.24, 2.45) is 0 Å². The molecular weight excluding hydrogens is 404 g/mol. The quantitative estimate of drug-likeness (QED) is 0.442. The molecule has 3 rings (SSSR count). The van der Waals surface area contributed by atoms with E-state index in [0.717, 1.165) is 27.6 Å². The second-order valence-electron chi connectivity index (χ2n) is 6.35. The molecule has 2 aromatic carbocycles. The van der Waals surface area contributed by atoms with Crippen molar-refractivity contribution in [2.45, 2.75) is 26.7 Å². The third kappa shape index (κ3) is 5.19. The number of anilines is 1. The largest absolute Gasteiger partial charge is 0.462 e. The van der Waals surface area contributed by atoms with Gasteiger partial charge in [-0.2, -0.15) is 0 Å². The number of fused-ring (bicyclic) bond motifs is 1. The number of hydrogen-bond donors (Lipinski definition) is 2. The van der Waals surface area contributed by atoms with Crippen LogP contribution in [0.15, 0.2) is 48.5 Å². The van der Waals surface area contributed by atoms with Gasteiger partial charge in [0.1, 0.15) is 5.00 Å². The first-order chi connectivity index (χ1) is 14.0. The summed E-state index contributed by atoms with van der Waals surface area (Å²) in [5, 5.41) is 8.54. The highest BCUT2D eigenvalue weighted by Gasteiger charge is 2.18. The molecule has 1 amide bonds. The SMILES string of the molecule is CCOC(=O)c1cc(CC)sc1NC(=S)NC(=O)Cc1cccc2ccccc12. The molecule has 2 N–H and O–H groups in total. The van der Waals surface area contributed by atoms with E-state index in [0.29, 0.717) is 17.2 Å². The summed E-state index contributed by atoms with van der Waals surface area (Å²) in [5.74, 6) is -0.625. The summed E-state index contributed by atoms with van der Waals surface area (Å²) in [4.78, 5) is 25.7. The smallest absolute Gasteiger partial charge is 0.341 e. The third-order valence-corrected chi connectivity index (χ3v) is 5.74. The summed E-state index contributed by atoms with van der Waals surface area (Å²) >= 11 is 6.72. The van der Waals surface area contributed by atoms with E-state index in [1.54, 1.807) is 13.0 Å². The third-order valence-electron chi connectivity index (χ3n) is 4.34. The van der Waals surface area contributed by atoms with Gasteiger partial charge in [0.15, 0.2) is 5.11 Å². The fraction of sp³-hybridized carbons (Fsp3) is 0.227. The predicted octanol–water partition coefficient (Wildman–Crippen LogP) is 4.70. The van der Waals surface area contributed by atoms with E-state index in [-0.39, 0.29) is 17.4 Å². The first-order valence-electron chi connectivity index (χ1n) is 9.39. The van der Waals surface area contributed by atoms with E-state index in [4.69, 9.17) is 17.0 Å². The van der Waals surface area contributed by atoms with Crippen molar-refractivity contribution in [3.8, 4) is 0 Å². The minimum Gasteiger partial charge on any atom is -0.462 e. The molecule has 5 nitrogen and oxygen atoms in total. The highest BCUT2D eigenvalue weighted by molar-refractivity contribution is 7.80. The lowest BCUT2D eigenvalue weighted by Crippen LogP contribution is -2.35. The van der Waals surface area contributed by atoms with Gasteiger partial charge in [-0.1, -0.05) is 49.4 Å². The number of carbonyl (C=O) groups excluding carboxylic acids is 2. The fourth-order valence-electron chi connectivity index (χ4n) is 2.99. The summed E-state index contributed by atoms with van der Waals surface area (Å²) in [6.45, 7) is 4.06. The first-order valence-corrected chi connectivity index (χ1v) is 10.6. The Morgan fingerprint density at radius 2 is 1.86 bits per heavy atom. The Bertz CT molecular complexity index is 1050. The summed E-state index contributed by atoms with van der Waals surface area (Å²) < 4.78 is 5.11. The number of thiophene rings is 1. The van der Waals surface area contributed by atoms with E-state index >= 15 is 0 Å². The Labute approximate surface area is 179 Å². The van der Waals surface area contributed by atoms with Crippen molar-refractivity contribution in [1.82, 2.24) is 5.32 Å². The van der Waals surface area contributed by atoms with Crippen LogP contribution >= 0.6 is 23.6 Å². The number of benzene rings is 2. The van der Waals surface area contributed by atoms with Crippen LogP contribution in [0.1, 0.15) is 34.6 Å². The number of amides is 1. The zero-order chi connectivity index (χ0) is 20.8. The van der Waals surface area contributed by atoms with Gasteiger partial charge in [-0.3, -0.25) is 4.79 Å². The molecule has 0 fully saturated rings. The van der Waals surface area contributed by atoms with Crippen molar-refractivity contribution in [3.05, 3.63) is 64.5 Å². The summed E-state index contributed by atoms with van der Waals surface area (Å²) in [7, 11) is 0. The minimum absolute atomic E-state index is 0.158. The molecule has 0 unspecified atom stereocenters. The monoisotopic (exact) mass is 426 g/mol. The lowest BCUT2D eigenvalue weighted by atomic mass is 10.0. The zero-order valence-corrected chi connectivity index (χ0v) is 17.9. The van der Waals surface area contributed by atoms with Gasteiger partial charge in [0, 0.05) is 4.88 Å². The number of thiocarbonyl (C=S) groups is 1. The Hall–Kier alpha value is -2.77. The number of ether oxygens (including phenoxy) is 1. The molecule has 150 valence electrons. The molecule has 0 saturated heterocycles. The van der Waals surface area contributed by atoms with Crippen molar-refractivity contribution < 1.29 is 14.3 Å². The molecule has 29 heavy (non-hydrogen) atoms. The molecule has 0 aliphatic carbocycles. The number of hydrogen-bond acceptors (Lipinski definition) is 5. The number of nitrogens with one attached hydrogen (secondary N) is 2. The molecule has 1 aromatic heterocycles. The molecular formula is C22H22N2O3S2. The molecule has 7 heteroatoms. The standard InChI is InChI=1S/C22H22N2O3S2/c1-3-16-13-18(21(26)27-4-2)20(29-16)24-22(28)23-19(25)12-15-10-7-9-14-8-5-6-11-17(14)15/h5-11,13H,3-4,12H2,1-2H3,(H2,23,24,25,28).